The Balaban J connectivity index is 1.67. The number of carbonyl (C=O) groups excluding carboxylic acids is 1. The first-order valence-corrected chi connectivity index (χ1v) is 14.9. The van der Waals surface area contributed by atoms with E-state index >= 15 is 0 Å². The lowest BCUT2D eigenvalue weighted by Gasteiger charge is -2.44. The number of halogens is 1. The Morgan fingerprint density at radius 3 is 2.45 bits per heavy atom. The maximum atomic E-state index is 14.0. The monoisotopic (exact) mass is 567 g/mol. The number of anilines is 1. The van der Waals surface area contributed by atoms with Crippen LogP contribution in [0.5, 0.6) is 0 Å². The SMILES string of the molecule is Cc1cccc(N2C(N)=C(C#N)C(c3cc(C)cc(CSc4ccc(Cl)cc4)c3C)C3=C2CC(C)(C)CC3=O)c1. The third-order valence-electron chi connectivity index (χ3n) is 7.86. The van der Waals surface area contributed by atoms with Crippen LogP contribution in [0.25, 0.3) is 0 Å². The van der Waals surface area contributed by atoms with Gasteiger partial charge in [-0.2, -0.15) is 5.26 Å². The van der Waals surface area contributed by atoms with Crippen LogP contribution >= 0.6 is 23.4 Å². The van der Waals surface area contributed by atoms with Gasteiger partial charge in [0.2, 0.25) is 0 Å². The lowest BCUT2D eigenvalue weighted by Crippen LogP contribution is -2.42. The molecule has 0 fully saturated rings. The quantitative estimate of drug-likeness (QED) is 0.313. The van der Waals surface area contributed by atoms with Crippen LogP contribution in [0.4, 0.5) is 5.69 Å². The zero-order valence-electron chi connectivity index (χ0n) is 23.6. The second-order valence-corrected chi connectivity index (χ2v) is 13.2. The van der Waals surface area contributed by atoms with Gasteiger partial charge in [-0.25, -0.2) is 0 Å². The minimum absolute atomic E-state index is 0.0900. The van der Waals surface area contributed by atoms with Crippen LogP contribution in [0.1, 0.15) is 60.4 Å². The summed E-state index contributed by atoms with van der Waals surface area (Å²) in [5, 5.41) is 11.2. The maximum Gasteiger partial charge on any atom is 0.162 e. The average molecular weight is 568 g/mol. The molecule has 1 unspecified atom stereocenters. The molecule has 1 atom stereocenters. The summed E-state index contributed by atoms with van der Waals surface area (Å²) < 4.78 is 0. The van der Waals surface area contributed by atoms with E-state index in [9.17, 15) is 10.1 Å². The Kier molecular flexibility index (Phi) is 7.61. The molecule has 6 heteroatoms. The standard InChI is InChI=1S/C34H34ClN3OS/c1-20-7-6-8-25(14-20)38-29-16-34(4,5)17-30(39)32(29)31(28(18-36)33(38)37)27-15-21(2)13-23(22(27)3)19-40-26-11-9-24(35)10-12-26/h6-15,31H,16-17,19,37H2,1-5H3. The van der Waals surface area contributed by atoms with Gasteiger partial charge in [-0.05, 0) is 91.3 Å². The first kappa shape index (κ1) is 28.1. The van der Waals surface area contributed by atoms with Gasteiger partial charge < -0.3 is 5.73 Å². The van der Waals surface area contributed by atoms with E-state index in [2.05, 4.69) is 52.0 Å². The van der Waals surface area contributed by atoms with Crippen molar-refractivity contribution in [2.24, 2.45) is 11.1 Å². The van der Waals surface area contributed by atoms with Crippen LogP contribution in [-0.4, -0.2) is 5.78 Å². The highest BCUT2D eigenvalue weighted by Crippen LogP contribution is 2.51. The fourth-order valence-electron chi connectivity index (χ4n) is 5.99. The van der Waals surface area contributed by atoms with Gasteiger partial charge in [-0.1, -0.05) is 55.3 Å². The molecule has 0 amide bonds. The number of thioether (sulfide) groups is 1. The minimum Gasteiger partial charge on any atom is -0.384 e. The lowest BCUT2D eigenvalue weighted by molar-refractivity contribution is -0.118. The maximum absolute atomic E-state index is 14.0. The molecule has 0 radical (unpaired) electrons. The number of benzene rings is 3. The van der Waals surface area contributed by atoms with Crippen LogP contribution in [0.3, 0.4) is 0 Å². The summed E-state index contributed by atoms with van der Waals surface area (Å²) in [7, 11) is 0. The predicted molar refractivity (Wildman–Crippen MR) is 165 cm³/mol. The van der Waals surface area contributed by atoms with Crippen molar-refractivity contribution in [3.05, 3.63) is 116 Å². The van der Waals surface area contributed by atoms with Gasteiger partial charge in [-0.15, -0.1) is 11.8 Å². The normalized spacial score (nSPS) is 18.6. The molecule has 204 valence electrons. The Hall–Kier alpha value is -3.46. The van der Waals surface area contributed by atoms with Crippen LogP contribution in [0.2, 0.25) is 5.02 Å². The van der Waals surface area contributed by atoms with E-state index in [0.29, 0.717) is 34.8 Å². The van der Waals surface area contributed by atoms with Gasteiger partial charge in [0.25, 0.3) is 0 Å². The van der Waals surface area contributed by atoms with Crippen molar-refractivity contribution in [3.63, 3.8) is 0 Å². The first-order valence-electron chi connectivity index (χ1n) is 13.5. The highest BCUT2D eigenvalue weighted by atomic mass is 35.5. The van der Waals surface area contributed by atoms with E-state index in [-0.39, 0.29) is 11.2 Å². The summed E-state index contributed by atoms with van der Waals surface area (Å²) >= 11 is 7.82. The molecule has 40 heavy (non-hydrogen) atoms. The molecule has 0 aromatic heterocycles. The molecule has 0 spiro atoms. The Morgan fingerprint density at radius 2 is 1.77 bits per heavy atom. The number of aryl methyl sites for hydroxylation is 2. The Labute approximate surface area is 246 Å². The molecule has 2 N–H and O–H groups in total. The van der Waals surface area contributed by atoms with Gasteiger partial charge in [0.15, 0.2) is 5.78 Å². The zero-order valence-corrected chi connectivity index (χ0v) is 25.2. The molecule has 1 aliphatic heterocycles. The molecule has 1 heterocycles. The van der Waals surface area contributed by atoms with E-state index in [1.165, 1.54) is 5.56 Å². The van der Waals surface area contributed by atoms with Gasteiger partial charge in [0.1, 0.15) is 5.82 Å². The van der Waals surface area contributed by atoms with E-state index in [0.717, 1.165) is 44.3 Å². The van der Waals surface area contributed by atoms with Gasteiger partial charge in [-0.3, -0.25) is 9.69 Å². The molecular formula is C34H34ClN3OS. The van der Waals surface area contributed by atoms with Gasteiger partial charge >= 0.3 is 0 Å². The topological polar surface area (TPSA) is 70.1 Å². The first-order chi connectivity index (χ1) is 19.0. The highest BCUT2D eigenvalue weighted by Gasteiger charge is 2.45. The summed E-state index contributed by atoms with van der Waals surface area (Å²) in [5.41, 5.74) is 15.0. The lowest BCUT2D eigenvalue weighted by atomic mass is 9.68. The number of allylic oxidation sites excluding steroid dienone is 3. The Morgan fingerprint density at radius 1 is 1.05 bits per heavy atom. The summed E-state index contributed by atoms with van der Waals surface area (Å²) in [6.07, 6.45) is 1.13. The third kappa shape index (κ3) is 5.31. The molecule has 4 nitrogen and oxygen atoms in total. The molecule has 3 aromatic carbocycles. The summed E-state index contributed by atoms with van der Waals surface area (Å²) in [6, 6.07) is 22.7. The van der Waals surface area contributed by atoms with E-state index in [1.807, 2.05) is 54.3 Å². The zero-order chi connectivity index (χ0) is 28.8. The second kappa shape index (κ2) is 10.8. The molecule has 2 aliphatic rings. The summed E-state index contributed by atoms with van der Waals surface area (Å²) in [6.45, 7) is 10.5. The number of nitriles is 1. The predicted octanol–water partition coefficient (Wildman–Crippen LogP) is 8.50. The number of hydrogen-bond donors (Lipinski definition) is 1. The summed E-state index contributed by atoms with van der Waals surface area (Å²) in [4.78, 5) is 17.1. The van der Waals surface area contributed by atoms with Crippen LogP contribution in [-0.2, 0) is 10.5 Å². The van der Waals surface area contributed by atoms with Crippen LogP contribution < -0.4 is 10.6 Å². The molecule has 1 aliphatic carbocycles. The van der Waals surface area contributed by atoms with E-state index in [4.69, 9.17) is 17.3 Å². The molecule has 0 bridgehead atoms. The van der Waals surface area contributed by atoms with Crippen molar-refractivity contribution in [2.45, 2.75) is 64.0 Å². The fourth-order valence-corrected chi connectivity index (χ4v) is 7.06. The number of nitrogens with two attached hydrogens (primary N) is 1. The third-order valence-corrected chi connectivity index (χ3v) is 9.17. The fraction of sp³-hybridized carbons (Fsp3) is 0.294. The second-order valence-electron chi connectivity index (χ2n) is 11.7. The molecule has 5 rings (SSSR count). The minimum atomic E-state index is -0.496. The van der Waals surface area contributed by atoms with Crippen molar-refractivity contribution in [3.8, 4) is 6.07 Å². The molecule has 3 aromatic rings. The molecule has 0 saturated carbocycles. The average Bonchev–Trinajstić information content (AvgIpc) is 2.88. The largest absolute Gasteiger partial charge is 0.384 e. The number of carbonyl (C=O) groups is 1. The number of hydrogen-bond acceptors (Lipinski definition) is 5. The number of rotatable bonds is 5. The number of Topliss-reactive ketones (excluding diaryl/α,β-unsaturated/α-hetero) is 1. The van der Waals surface area contributed by atoms with E-state index < -0.39 is 5.92 Å². The molecule has 0 saturated heterocycles. The van der Waals surface area contributed by atoms with Gasteiger partial charge in [0, 0.05) is 39.0 Å². The van der Waals surface area contributed by atoms with Crippen LogP contribution in [0.15, 0.2) is 88.2 Å². The van der Waals surface area contributed by atoms with Crippen molar-refractivity contribution in [2.75, 3.05) is 4.90 Å². The summed E-state index contributed by atoms with van der Waals surface area (Å²) in [5.74, 6) is 0.759. The van der Waals surface area contributed by atoms with Crippen molar-refractivity contribution in [1.82, 2.24) is 0 Å². The molecular weight excluding hydrogens is 534 g/mol. The van der Waals surface area contributed by atoms with Crippen LogP contribution in [0, 0.1) is 37.5 Å². The van der Waals surface area contributed by atoms with Crippen molar-refractivity contribution >= 4 is 34.8 Å². The van der Waals surface area contributed by atoms with Crippen molar-refractivity contribution in [1.29, 1.82) is 5.26 Å². The van der Waals surface area contributed by atoms with Gasteiger partial charge in [0.05, 0.1) is 17.6 Å². The smallest absolute Gasteiger partial charge is 0.162 e. The van der Waals surface area contributed by atoms with E-state index in [1.54, 1.807) is 11.8 Å². The number of ketones is 1. The Bertz CT molecular complexity index is 1610. The number of nitrogens with zero attached hydrogens (tertiary/aromatic N) is 2. The van der Waals surface area contributed by atoms with Crippen molar-refractivity contribution < 1.29 is 4.79 Å². The highest BCUT2D eigenvalue weighted by molar-refractivity contribution is 7.98.